The zero-order valence-electron chi connectivity index (χ0n) is 11.3. The Hall–Kier alpha value is -1.84. The smallest absolute Gasteiger partial charge is 0.308 e. The number of carbonyl (C=O) groups excluding carboxylic acids is 1. The number of aliphatic carboxylic acids is 1. The molecular formula is C15H19NO3. The van der Waals surface area contributed by atoms with Crippen molar-refractivity contribution in [2.45, 2.75) is 32.7 Å². The van der Waals surface area contributed by atoms with Gasteiger partial charge in [-0.15, -0.1) is 0 Å². The topological polar surface area (TPSA) is 57.6 Å². The van der Waals surface area contributed by atoms with E-state index in [4.69, 9.17) is 0 Å². The standard InChI is InChI=1S/C15H19NO3/c1-10-5-3-6-12(9-10)14(17)16-8-4-7-13(11(16)2)15(18)19/h3,5-6,9,11,13H,4,7-8H2,1-2H3,(H,18,19)/t11-,13-/m1/s1. The van der Waals surface area contributed by atoms with E-state index in [-0.39, 0.29) is 11.9 Å². The van der Waals surface area contributed by atoms with Crippen molar-refractivity contribution in [1.82, 2.24) is 4.90 Å². The molecule has 0 aliphatic carbocycles. The van der Waals surface area contributed by atoms with E-state index in [0.717, 1.165) is 12.0 Å². The number of likely N-dealkylation sites (tertiary alicyclic amines) is 1. The summed E-state index contributed by atoms with van der Waals surface area (Å²) in [5, 5.41) is 9.18. The van der Waals surface area contributed by atoms with Crippen LogP contribution in [-0.2, 0) is 4.79 Å². The van der Waals surface area contributed by atoms with Gasteiger partial charge in [-0.2, -0.15) is 0 Å². The molecule has 0 saturated carbocycles. The van der Waals surface area contributed by atoms with Crippen molar-refractivity contribution in [2.75, 3.05) is 6.54 Å². The maximum absolute atomic E-state index is 12.5. The minimum absolute atomic E-state index is 0.0675. The second-order valence-electron chi connectivity index (χ2n) is 5.20. The van der Waals surface area contributed by atoms with Crippen LogP contribution in [0.5, 0.6) is 0 Å². The molecule has 102 valence electrons. The summed E-state index contributed by atoms with van der Waals surface area (Å²) in [5.41, 5.74) is 1.67. The molecule has 4 nitrogen and oxygen atoms in total. The molecule has 0 radical (unpaired) electrons. The lowest BCUT2D eigenvalue weighted by Crippen LogP contribution is -2.49. The van der Waals surface area contributed by atoms with Crippen LogP contribution < -0.4 is 0 Å². The van der Waals surface area contributed by atoms with E-state index in [1.54, 1.807) is 11.0 Å². The van der Waals surface area contributed by atoms with Crippen LogP contribution >= 0.6 is 0 Å². The van der Waals surface area contributed by atoms with Gasteiger partial charge in [-0.3, -0.25) is 9.59 Å². The maximum Gasteiger partial charge on any atom is 0.308 e. The Morgan fingerprint density at radius 1 is 1.37 bits per heavy atom. The van der Waals surface area contributed by atoms with Gasteiger partial charge in [-0.25, -0.2) is 0 Å². The summed E-state index contributed by atoms with van der Waals surface area (Å²) in [5.74, 6) is -1.33. The Kier molecular flexibility index (Phi) is 3.88. The third kappa shape index (κ3) is 2.78. The third-order valence-corrected chi connectivity index (χ3v) is 3.83. The fourth-order valence-electron chi connectivity index (χ4n) is 2.70. The SMILES string of the molecule is Cc1cccc(C(=O)N2CCC[C@@H](C(=O)O)[C@H]2C)c1. The van der Waals surface area contributed by atoms with Crippen molar-refractivity contribution in [3.05, 3.63) is 35.4 Å². The number of hydrogen-bond acceptors (Lipinski definition) is 2. The summed E-state index contributed by atoms with van der Waals surface area (Å²) in [6.45, 7) is 4.40. The van der Waals surface area contributed by atoms with E-state index in [9.17, 15) is 14.7 Å². The minimum atomic E-state index is -0.811. The van der Waals surface area contributed by atoms with Crippen molar-refractivity contribution in [3.63, 3.8) is 0 Å². The van der Waals surface area contributed by atoms with Crippen molar-refractivity contribution in [2.24, 2.45) is 5.92 Å². The molecule has 4 heteroatoms. The van der Waals surface area contributed by atoms with E-state index >= 15 is 0 Å². The molecule has 1 aromatic rings. The Bertz CT molecular complexity index is 498. The number of hydrogen-bond donors (Lipinski definition) is 1. The average Bonchev–Trinajstić information content (AvgIpc) is 2.38. The van der Waals surface area contributed by atoms with Gasteiger partial charge < -0.3 is 10.0 Å². The molecule has 1 fully saturated rings. The zero-order valence-corrected chi connectivity index (χ0v) is 11.3. The second-order valence-corrected chi connectivity index (χ2v) is 5.20. The lowest BCUT2D eigenvalue weighted by molar-refractivity contribution is -0.144. The van der Waals surface area contributed by atoms with Gasteiger partial charge >= 0.3 is 5.97 Å². The average molecular weight is 261 g/mol. The number of nitrogens with zero attached hydrogens (tertiary/aromatic N) is 1. The first-order valence-electron chi connectivity index (χ1n) is 6.61. The number of carbonyl (C=O) groups is 2. The molecule has 1 heterocycles. The third-order valence-electron chi connectivity index (χ3n) is 3.83. The zero-order chi connectivity index (χ0) is 14.0. The molecule has 0 bridgehead atoms. The van der Waals surface area contributed by atoms with Crippen LogP contribution in [0.15, 0.2) is 24.3 Å². The van der Waals surface area contributed by atoms with Crippen LogP contribution in [0.2, 0.25) is 0 Å². The molecule has 0 aromatic heterocycles. The first-order chi connectivity index (χ1) is 9.00. The number of amides is 1. The van der Waals surface area contributed by atoms with Crippen LogP contribution in [-0.4, -0.2) is 34.5 Å². The molecule has 2 atom stereocenters. The number of benzene rings is 1. The fourth-order valence-corrected chi connectivity index (χ4v) is 2.70. The lowest BCUT2D eigenvalue weighted by Gasteiger charge is -2.37. The number of piperidine rings is 1. The monoisotopic (exact) mass is 261 g/mol. The van der Waals surface area contributed by atoms with E-state index in [0.29, 0.717) is 18.5 Å². The summed E-state index contributed by atoms with van der Waals surface area (Å²) in [4.78, 5) is 25.3. The van der Waals surface area contributed by atoms with Gasteiger partial charge in [0.25, 0.3) is 5.91 Å². The summed E-state index contributed by atoms with van der Waals surface area (Å²) in [7, 11) is 0. The largest absolute Gasteiger partial charge is 0.481 e. The Balaban J connectivity index is 2.21. The van der Waals surface area contributed by atoms with Gasteiger partial charge in [-0.05, 0) is 38.8 Å². The van der Waals surface area contributed by atoms with Gasteiger partial charge in [0, 0.05) is 18.2 Å². The van der Waals surface area contributed by atoms with Crippen molar-refractivity contribution in [1.29, 1.82) is 0 Å². The highest BCUT2D eigenvalue weighted by atomic mass is 16.4. The van der Waals surface area contributed by atoms with E-state index < -0.39 is 11.9 Å². The number of aryl methyl sites for hydroxylation is 1. The summed E-state index contributed by atoms with van der Waals surface area (Å²) in [6, 6.07) is 7.17. The molecular weight excluding hydrogens is 242 g/mol. The molecule has 2 rings (SSSR count). The Labute approximate surface area is 113 Å². The Morgan fingerprint density at radius 3 is 2.74 bits per heavy atom. The van der Waals surface area contributed by atoms with Gasteiger partial charge in [0.1, 0.15) is 0 Å². The fraction of sp³-hybridized carbons (Fsp3) is 0.467. The molecule has 1 aliphatic heterocycles. The maximum atomic E-state index is 12.5. The number of rotatable bonds is 2. The van der Waals surface area contributed by atoms with Crippen LogP contribution in [0.1, 0.15) is 35.7 Å². The minimum Gasteiger partial charge on any atom is -0.481 e. The normalized spacial score (nSPS) is 23.2. The quantitative estimate of drug-likeness (QED) is 0.888. The van der Waals surface area contributed by atoms with Crippen LogP contribution in [0, 0.1) is 12.8 Å². The molecule has 19 heavy (non-hydrogen) atoms. The predicted molar refractivity (Wildman–Crippen MR) is 72.0 cm³/mol. The van der Waals surface area contributed by atoms with Gasteiger partial charge in [0.2, 0.25) is 0 Å². The highest BCUT2D eigenvalue weighted by Crippen LogP contribution is 2.25. The van der Waals surface area contributed by atoms with E-state index in [1.807, 2.05) is 32.0 Å². The predicted octanol–water partition coefficient (Wildman–Crippen LogP) is 2.32. The molecule has 0 spiro atoms. The van der Waals surface area contributed by atoms with Crippen molar-refractivity contribution >= 4 is 11.9 Å². The molecule has 1 aromatic carbocycles. The molecule has 1 N–H and O–H groups in total. The first kappa shape index (κ1) is 13.6. The van der Waals surface area contributed by atoms with Crippen LogP contribution in [0.3, 0.4) is 0 Å². The summed E-state index contributed by atoms with van der Waals surface area (Å²) in [6.07, 6.45) is 1.40. The molecule has 1 aliphatic rings. The van der Waals surface area contributed by atoms with Gasteiger partial charge in [-0.1, -0.05) is 17.7 Å². The van der Waals surface area contributed by atoms with Crippen LogP contribution in [0.4, 0.5) is 0 Å². The van der Waals surface area contributed by atoms with Gasteiger partial charge in [0.05, 0.1) is 5.92 Å². The molecule has 0 unspecified atom stereocenters. The summed E-state index contributed by atoms with van der Waals surface area (Å²) >= 11 is 0. The molecule has 1 saturated heterocycles. The van der Waals surface area contributed by atoms with E-state index in [2.05, 4.69) is 0 Å². The highest BCUT2D eigenvalue weighted by Gasteiger charge is 2.35. The van der Waals surface area contributed by atoms with Crippen LogP contribution in [0.25, 0.3) is 0 Å². The van der Waals surface area contributed by atoms with Gasteiger partial charge in [0.15, 0.2) is 0 Å². The first-order valence-corrected chi connectivity index (χ1v) is 6.61. The lowest BCUT2D eigenvalue weighted by atomic mass is 9.90. The Morgan fingerprint density at radius 2 is 2.11 bits per heavy atom. The highest BCUT2D eigenvalue weighted by molar-refractivity contribution is 5.95. The number of carboxylic acid groups (broad SMARTS) is 1. The number of carboxylic acids is 1. The van der Waals surface area contributed by atoms with Crippen molar-refractivity contribution < 1.29 is 14.7 Å². The van der Waals surface area contributed by atoms with E-state index in [1.165, 1.54) is 0 Å². The second kappa shape index (κ2) is 5.43. The summed E-state index contributed by atoms with van der Waals surface area (Å²) < 4.78 is 0. The van der Waals surface area contributed by atoms with Crippen molar-refractivity contribution in [3.8, 4) is 0 Å². The molecule has 1 amide bonds.